The maximum atomic E-state index is 12.1. The Morgan fingerprint density at radius 2 is 1.47 bits per heavy atom. The Morgan fingerprint density at radius 3 is 2.19 bits per heavy atom. The number of amides is 1. The van der Waals surface area contributed by atoms with Crippen molar-refractivity contribution in [3.63, 3.8) is 0 Å². The Labute approximate surface area is 186 Å². The molecule has 3 rings (SSSR count). The molecule has 32 heavy (non-hydrogen) atoms. The molecule has 7 heteroatoms. The fourth-order valence-electron chi connectivity index (χ4n) is 2.85. The Hall–Kier alpha value is -4.00. The lowest BCUT2D eigenvalue weighted by Gasteiger charge is -2.13. The molecular weight excluding hydrogens is 410 g/mol. The quantitative estimate of drug-likeness (QED) is 0.287. The highest BCUT2D eigenvalue weighted by Crippen LogP contribution is 2.32. The van der Waals surface area contributed by atoms with Gasteiger partial charge in [0.15, 0.2) is 0 Å². The summed E-state index contributed by atoms with van der Waals surface area (Å²) in [5.41, 5.74) is 0.299. The molecule has 7 nitrogen and oxygen atoms in total. The van der Waals surface area contributed by atoms with Gasteiger partial charge in [-0.15, -0.1) is 0 Å². The van der Waals surface area contributed by atoms with Gasteiger partial charge in [-0.1, -0.05) is 49.0 Å². The van der Waals surface area contributed by atoms with Crippen molar-refractivity contribution in [3.8, 4) is 17.2 Å². The summed E-state index contributed by atoms with van der Waals surface area (Å²) in [4.78, 5) is 23.5. The van der Waals surface area contributed by atoms with Crippen LogP contribution in [0.1, 0.15) is 6.92 Å². The van der Waals surface area contributed by atoms with Gasteiger partial charge in [0, 0.05) is 16.3 Å². The molecule has 0 aromatic heterocycles. The Morgan fingerprint density at radius 1 is 0.812 bits per heavy atom. The highest BCUT2D eigenvalue weighted by atomic mass is 16.6. The molecule has 0 saturated carbocycles. The number of nitrogens with one attached hydrogen (secondary N) is 1. The molecular formula is C25H25NO6. The summed E-state index contributed by atoms with van der Waals surface area (Å²) in [6.45, 7) is 5.96. The van der Waals surface area contributed by atoms with Crippen LogP contribution in [0.3, 0.4) is 0 Å². The van der Waals surface area contributed by atoms with E-state index in [1.165, 1.54) is 0 Å². The lowest BCUT2D eigenvalue weighted by atomic mass is 10.1. The van der Waals surface area contributed by atoms with Crippen molar-refractivity contribution in [2.24, 2.45) is 0 Å². The summed E-state index contributed by atoms with van der Waals surface area (Å²) >= 11 is 0. The first-order chi connectivity index (χ1) is 15.5. The molecule has 0 radical (unpaired) electrons. The molecule has 0 heterocycles. The van der Waals surface area contributed by atoms with Crippen LogP contribution in [0.4, 0.5) is 4.79 Å². The molecule has 0 atom stereocenters. The second kappa shape index (κ2) is 11.4. The van der Waals surface area contributed by atoms with Gasteiger partial charge in [-0.3, -0.25) is 0 Å². The number of hydrogen-bond donors (Lipinski definition) is 1. The van der Waals surface area contributed by atoms with Crippen molar-refractivity contribution in [2.45, 2.75) is 6.92 Å². The number of benzene rings is 3. The van der Waals surface area contributed by atoms with E-state index in [0.29, 0.717) is 30.3 Å². The Balaban J connectivity index is 1.55. The summed E-state index contributed by atoms with van der Waals surface area (Å²) in [6.07, 6.45) is -0.647. The number of esters is 1. The number of para-hydroxylation sites is 1. The normalized spacial score (nSPS) is 10.3. The van der Waals surface area contributed by atoms with E-state index in [2.05, 4.69) is 11.9 Å². The van der Waals surface area contributed by atoms with Crippen LogP contribution >= 0.6 is 0 Å². The highest BCUT2D eigenvalue weighted by Gasteiger charge is 2.11. The third-order valence-electron chi connectivity index (χ3n) is 4.35. The van der Waals surface area contributed by atoms with Crippen molar-refractivity contribution in [1.29, 1.82) is 0 Å². The van der Waals surface area contributed by atoms with Crippen LogP contribution in [-0.2, 0) is 9.53 Å². The van der Waals surface area contributed by atoms with E-state index >= 15 is 0 Å². The number of carbonyl (C=O) groups is 2. The van der Waals surface area contributed by atoms with Crippen LogP contribution < -0.4 is 19.5 Å². The van der Waals surface area contributed by atoms with Crippen molar-refractivity contribution in [3.05, 3.63) is 78.9 Å². The van der Waals surface area contributed by atoms with Gasteiger partial charge < -0.3 is 24.3 Å². The van der Waals surface area contributed by atoms with E-state index in [-0.39, 0.29) is 13.2 Å². The first-order valence-corrected chi connectivity index (χ1v) is 10.2. The van der Waals surface area contributed by atoms with Crippen molar-refractivity contribution in [1.82, 2.24) is 5.32 Å². The number of hydrogen-bond acceptors (Lipinski definition) is 6. The maximum absolute atomic E-state index is 12.1. The fourth-order valence-corrected chi connectivity index (χ4v) is 2.85. The summed E-state index contributed by atoms with van der Waals surface area (Å²) < 4.78 is 21.9. The fraction of sp³-hybridized carbons (Fsp3) is 0.200. The van der Waals surface area contributed by atoms with Crippen LogP contribution in [0.2, 0.25) is 0 Å². The van der Waals surface area contributed by atoms with E-state index in [4.69, 9.17) is 18.9 Å². The zero-order valence-corrected chi connectivity index (χ0v) is 17.8. The minimum Gasteiger partial charge on any atom is -0.490 e. The average Bonchev–Trinajstić information content (AvgIpc) is 2.80. The zero-order valence-electron chi connectivity index (χ0n) is 17.8. The Bertz CT molecular complexity index is 1080. The van der Waals surface area contributed by atoms with Gasteiger partial charge in [0.1, 0.15) is 37.1 Å². The summed E-state index contributed by atoms with van der Waals surface area (Å²) in [5.74, 6) is 1.34. The smallest absolute Gasteiger partial charge is 0.412 e. The van der Waals surface area contributed by atoms with Gasteiger partial charge in [0.25, 0.3) is 0 Å². The van der Waals surface area contributed by atoms with Crippen LogP contribution in [0.25, 0.3) is 10.8 Å². The third kappa shape index (κ3) is 6.50. The standard InChI is InChI=1S/C25H25NO6/c1-18(2)24(27)31-15-14-26-25(28)32-23-13-7-10-20-21(23)11-6-12-22(20)30-17-16-29-19-8-4-3-5-9-19/h3-13H,1,14-17H2,2H3,(H,26,28). The van der Waals surface area contributed by atoms with Crippen molar-refractivity contribution >= 4 is 22.8 Å². The van der Waals surface area contributed by atoms with Gasteiger partial charge in [-0.05, 0) is 31.2 Å². The van der Waals surface area contributed by atoms with Crippen molar-refractivity contribution < 1.29 is 28.5 Å². The first kappa shape index (κ1) is 22.7. The lowest BCUT2D eigenvalue weighted by Crippen LogP contribution is -2.30. The third-order valence-corrected chi connectivity index (χ3v) is 4.35. The van der Waals surface area contributed by atoms with Gasteiger partial charge in [0.05, 0.1) is 6.54 Å². The van der Waals surface area contributed by atoms with Gasteiger partial charge in [-0.2, -0.15) is 0 Å². The molecule has 1 amide bonds. The number of fused-ring (bicyclic) bond motifs is 1. The molecule has 0 spiro atoms. The summed E-state index contributed by atoms with van der Waals surface area (Å²) in [7, 11) is 0. The van der Waals surface area contributed by atoms with E-state index in [1.54, 1.807) is 19.1 Å². The molecule has 1 N–H and O–H groups in total. The summed E-state index contributed by atoms with van der Waals surface area (Å²) in [6, 6.07) is 20.4. The van der Waals surface area contributed by atoms with Crippen LogP contribution in [0.5, 0.6) is 17.2 Å². The molecule has 3 aromatic rings. The molecule has 0 fully saturated rings. The first-order valence-electron chi connectivity index (χ1n) is 10.2. The number of rotatable bonds is 10. The molecule has 3 aromatic carbocycles. The van der Waals surface area contributed by atoms with Gasteiger partial charge in [-0.25, -0.2) is 9.59 Å². The molecule has 0 bridgehead atoms. The van der Waals surface area contributed by atoms with Crippen LogP contribution in [-0.4, -0.2) is 38.4 Å². The Kier molecular flexibility index (Phi) is 8.09. The molecule has 0 aliphatic rings. The van der Waals surface area contributed by atoms with Crippen molar-refractivity contribution in [2.75, 3.05) is 26.4 Å². The minimum absolute atomic E-state index is 0.0272. The lowest BCUT2D eigenvalue weighted by molar-refractivity contribution is -0.138. The summed E-state index contributed by atoms with van der Waals surface area (Å²) in [5, 5.41) is 4.09. The minimum atomic E-state index is -0.647. The predicted molar refractivity (Wildman–Crippen MR) is 121 cm³/mol. The van der Waals surface area contributed by atoms with Gasteiger partial charge >= 0.3 is 12.1 Å². The average molecular weight is 435 g/mol. The second-order valence-electron chi connectivity index (χ2n) is 6.85. The van der Waals surface area contributed by atoms with E-state index in [9.17, 15) is 9.59 Å². The molecule has 0 unspecified atom stereocenters. The zero-order chi connectivity index (χ0) is 22.8. The highest BCUT2D eigenvalue weighted by molar-refractivity contribution is 5.94. The molecule has 0 aliphatic carbocycles. The van der Waals surface area contributed by atoms with E-state index in [0.717, 1.165) is 16.5 Å². The molecule has 0 saturated heterocycles. The van der Waals surface area contributed by atoms with E-state index < -0.39 is 12.1 Å². The predicted octanol–water partition coefficient (Wildman–Crippen LogP) is 4.51. The number of ether oxygens (including phenoxy) is 4. The van der Waals surface area contributed by atoms with Crippen LogP contribution in [0.15, 0.2) is 78.9 Å². The number of carbonyl (C=O) groups excluding carboxylic acids is 2. The topological polar surface area (TPSA) is 83.1 Å². The second-order valence-corrected chi connectivity index (χ2v) is 6.85. The monoisotopic (exact) mass is 435 g/mol. The molecule has 0 aliphatic heterocycles. The molecule has 166 valence electrons. The van der Waals surface area contributed by atoms with Gasteiger partial charge in [0.2, 0.25) is 0 Å². The van der Waals surface area contributed by atoms with Crippen LogP contribution in [0, 0.1) is 0 Å². The van der Waals surface area contributed by atoms with E-state index in [1.807, 2.05) is 54.6 Å². The SMILES string of the molecule is C=C(C)C(=O)OCCNC(=O)Oc1cccc2c(OCCOc3ccccc3)cccc12. The maximum Gasteiger partial charge on any atom is 0.412 e. The largest absolute Gasteiger partial charge is 0.490 e.